The molecule has 4 nitrogen and oxygen atoms in total. The Labute approximate surface area is 175 Å². The van der Waals surface area contributed by atoms with Crippen LogP contribution >= 0.6 is 11.3 Å². The number of anilines is 1. The summed E-state index contributed by atoms with van der Waals surface area (Å²) < 4.78 is 0. The summed E-state index contributed by atoms with van der Waals surface area (Å²) in [6.07, 6.45) is 1.69. The van der Waals surface area contributed by atoms with Crippen LogP contribution in [-0.2, 0) is 4.79 Å². The Morgan fingerprint density at radius 3 is 2.24 bits per heavy atom. The van der Waals surface area contributed by atoms with Gasteiger partial charge in [0, 0.05) is 16.1 Å². The monoisotopic (exact) mass is 404 g/mol. The zero-order valence-corrected chi connectivity index (χ0v) is 17.5. The zero-order valence-electron chi connectivity index (χ0n) is 16.7. The summed E-state index contributed by atoms with van der Waals surface area (Å²) in [6.45, 7) is 6.20. The number of rotatable bonds is 6. The van der Waals surface area contributed by atoms with Crippen LogP contribution < -0.4 is 10.6 Å². The second-order valence-corrected chi connectivity index (χ2v) is 8.10. The molecular formula is C24H24N2O2S. The number of benzene rings is 2. The van der Waals surface area contributed by atoms with Crippen molar-refractivity contribution in [2.24, 2.45) is 0 Å². The lowest BCUT2D eigenvalue weighted by Crippen LogP contribution is -2.30. The third-order valence-electron chi connectivity index (χ3n) is 4.47. The number of nitrogens with one attached hydrogen (secondary N) is 2. The van der Waals surface area contributed by atoms with Gasteiger partial charge >= 0.3 is 0 Å². The van der Waals surface area contributed by atoms with Gasteiger partial charge in [-0.3, -0.25) is 9.59 Å². The molecule has 0 atom stereocenters. The average Bonchev–Trinajstić information content (AvgIpc) is 3.21. The quantitative estimate of drug-likeness (QED) is 0.526. The Bertz CT molecular complexity index is 1000. The highest BCUT2D eigenvalue weighted by Gasteiger charge is 2.15. The molecule has 0 saturated carbocycles. The van der Waals surface area contributed by atoms with Crippen LogP contribution in [0.3, 0.4) is 0 Å². The maximum atomic E-state index is 12.9. The van der Waals surface area contributed by atoms with Gasteiger partial charge in [0.2, 0.25) is 0 Å². The normalized spacial score (nSPS) is 11.4. The molecule has 3 aromatic rings. The van der Waals surface area contributed by atoms with Gasteiger partial charge in [-0.2, -0.15) is 0 Å². The van der Waals surface area contributed by atoms with Crippen LogP contribution in [0.4, 0.5) is 5.69 Å². The fourth-order valence-electron chi connectivity index (χ4n) is 2.72. The molecule has 2 amide bonds. The number of amides is 2. The first kappa shape index (κ1) is 20.6. The summed E-state index contributed by atoms with van der Waals surface area (Å²) in [7, 11) is 0. The molecule has 1 aromatic heterocycles. The molecule has 0 fully saturated rings. The molecule has 0 unspecified atom stereocenters. The van der Waals surface area contributed by atoms with E-state index in [9.17, 15) is 9.59 Å². The van der Waals surface area contributed by atoms with Crippen molar-refractivity contribution in [3.05, 3.63) is 93.3 Å². The van der Waals surface area contributed by atoms with Crippen molar-refractivity contribution in [2.75, 3.05) is 5.32 Å². The Balaban J connectivity index is 1.80. The van der Waals surface area contributed by atoms with E-state index in [0.717, 1.165) is 10.4 Å². The summed E-state index contributed by atoms with van der Waals surface area (Å²) in [5.41, 5.74) is 3.65. The van der Waals surface area contributed by atoms with E-state index >= 15 is 0 Å². The van der Waals surface area contributed by atoms with E-state index in [4.69, 9.17) is 0 Å². The van der Waals surface area contributed by atoms with Crippen molar-refractivity contribution in [3.63, 3.8) is 0 Å². The topological polar surface area (TPSA) is 58.2 Å². The number of carbonyl (C=O) groups excluding carboxylic acids is 2. The van der Waals surface area contributed by atoms with E-state index in [-0.39, 0.29) is 17.5 Å². The third-order valence-corrected chi connectivity index (χ3v) is 5.29. The highest BCUT2D eigenvalue weighted by molar-refractivity contribution is 7.10. The summed E-state index contributed by atoms with van der Waals surface area (Å²) in [5, 5.41) is 7.55. The predicted molar refractivity (Wildman–Crippen MR) is 120 cm³/mol. The second-order valence-electron chi connectivity index (χ2n) is 7.12. The number of carbonyl (C=O) groups is 2. The van der Waals surface area contributed by atoms with Gasteiger partial charge in [-0.05, 0) is 60.2 Å². The first-order valence-corrected chi connectivity index (χ1v) is 10.3. The first-order chi connectivity index (χ1) is 13.9. The number of hydrogen-bond acceptors (Lipinski definition) is 3. The molecule has 0 saturated heterocycles. The molecule has 5 heteroatoms. The standard InChI is InChI=1S/C24H24N2O2S/c1-16(2)18-10-12-20(13-11-18)25-24(28)22(15-21-5-4-14-29-21)26-23(27)19-8-6-17(3)7-9-19/h4-16H,1-3H3,(H,25,28)(H,26,27)/b22-15-. The minimum atomic E-state index is -0.365. The molecule has 0 bridgehead atoms. The maximum absolute atomic E-state index is 12.9. The molecule has 0 aliphatic heterocycles. The molecule has 148 valence electrons. The molecule has 1 heterocycles. The van der Waals surface area contributed by atoms with Crippen molar-refractivity contribution in [1.29, 1.82) is 0 Å². The fourth-order valence-corrected chi connectivity index (χ4v) is 3.38. The summed E-state index contributed by atoms with van der Waals surface area (Å²) in [4.78, 5) is 26.4. The molecule has 0 radical (unpaired) electrons. The molecule has 0 spiro atoms. The average molecular weight is 405 g/mol. The van der Waals surface area contributed by atoms with Crippen LogP contribution in [0.2, 0.25) is 0 Å². The van der Waals surface area contributed by atoms with Gasteiger partial charge in [0.15, 0.2) is 0 Å². The fraction of sp³-hybridized carbons (Fsp3) is 0.167. The first-order valence-electron chi connectivity index (χ1n) is 9.47. The van der Waals surface area contributed by atoms with Gasteiger partial charge in [-0.25, -0.2) is 0 Å². The predicted octanol–water partition coefficient (Wildman–Crippen LogP) is 5.59. The molecule has 0 aliphatic carbocycles. The van der Waals surface area contributed by atoms with E-state index < -0.39 is 0 Å². The Hall–Kier alpha value is -3.18. The van der Waals surface area contributed by atoms with Crippen molar-refractivity contribution in [3.8, 4) is 0 Å². The van der Waals surface area contributed by atoms with Crippen molar-refractivity contribution in [2.45, 2.75) is 26.7 Å². The van der Waals surface area contributed by atoms with Gasteiger partial charge in [-0.15, -0.1) is 11.3 Å². The number of thiophene rings is 1. The lowest BCUT2D eigenvalue weighted by Gasteiger charge is -2.12. The van der Waals surface area contributed by atoms with Gasteiger partial charge < -0.3 is 10.6 Å². The van der Waals surface area contributed by atoms with E-state index in [2.05, 4.69) is 24.5 Å². The van der Waals surface area contributed by atoms with E-state index in [1.165, 1.54) is 16.9 Å². The minimum absolute atomic E-state index is 0.200. The van der Waals surface area contributed by atoms with Crippen LogP contribution in [0.1, 0.15) is 46.1 Å². The van der Waals surface area contributed by atoms with Crippen LogP contribution in [0.25, 0.3) is 6.08 Å². The van der Waals surface area contributed by atoms with Crippen LogP contribution in [0, 0.1) is 6.92 Å². The molecule has 2 aromatic carbocycles. The van der Waals surface area contributed by atoms with Gasteiger partial charge in [0.05, 0.1) is 0 Å². The Morgan fingerprint density at radius 1 is 0.966 bits per heavy atom. The zero-order chi connectivity index (χ0) is 20.8. The van der Waals surface area contributed by atoms with Gasteiger partial charge in [0.1, 0.15) is 5.70 Å². The van der Waals surface area contributed by atoms with E-state index in [0.29, 0.717) is 17.2 Å². The Kier molecular flexibility index (Phi) is 6.62. The molecule has 3 rings (SSSR count). The van der Waals surface area contributed by atoms with E-state index in [1.807, 2.05) is 60.8 Å². The summed E-state index contributed by atoms with van der Waals surface area (Å²) in [6, 6.07) is 18.8. The van der Waals surface area contributed by atoms with Crippen LogP contribution in [-0.4, -0.2) is 11.8 Å². The summed E-state index contributed by atoms with van der Waals surface area (Å²) in [5.74, 6) is -0.267. The lowest BCUT2D eigenvalue weighted by atomic mass is 10.0. The van der Waals surface area contributed by atoms with Crippen LogP contribution in [0.5, 0.6) is 0 Å². The lowest BCUT2D eigenvalue weighted by molar-refractivity contribution is -0.113. The van der Waals surface area contributed by atoms with E-state index in [1.54, 1.807) is 18.2 Å². The van der Waals surface area contributed by atoms with Gasteiger partial charge in [-0.1, -0.05) is 49.7 Å². The summed E-state index contributed by atoms with van der Waals surface area (Å²) >= 11 is 1.50. The molecule has 0 aliphatic rings. The number of aryl methyl sites for hydroxylation is 1. The Morgan fingerprint density at radius 2 is 1.66 bits per heavy atom. The molecular weight excluding hydrogens is 380 g/mol. The second kappa shape index (κ2) is 9.34. The molecule has 29 heavy (non-hydrogen) atoms. The van der Waals surface area contributed by atoms with Crippen LogP contribution in [0.15, 0.2) is 71.7 Å². The highest BCUT2D eigenvalue weighted by atomic mass is 32.1. The molecule has 2 N–H and O–H groups in total. The number of hydrogen-bond donors (Lipinski definition) is 2. The maximum Gasteiger partial charge on any atom is 0.272 e. The van der Waals surface area contributed by atoms with Gasteiger partial charge in [0.25, 0.3) is 11.8 Å². The van der Waals surface area contributed by atoms with Crippen molar-refractivity contribution >= 4 is 34.9 Å². The minimum Gasteiger partial charge on any atom is -0.321 e. The SMILES string of the molecule is Cc1ccc(C(=O)N/C(=C\c2cccs2)C(=O)Nc2ccc(C(C)C)cc2)cc1. The third kappa shape index (κ3) is 5.65. The van der Waals surface area contributed by atoms with Crippen molar-refractivity contribution in [1.82, 2.24) is 5.32 Å². The van der Waals surface area contributed by atoms with Crippen molar-refractivity contribution < 1.29 is 9.59 Å². The largest absolute Gasteiger partial charge is 0.321 e. The highest BCUT2D eigenvalue weighted by Crippen LogP contribution is 2.18. The smallest absolute Gasteiger partial charge is 0.272 e.